The lowest BCUT2D eigenvalue weighted by molar-refractivity contribution is 0.666. The maximum absolute atomic E-state index is 6.52. The summed E-state index contributed by atoms with van der Waals surface area (Å²) >= 11 is 3.77. The Morgan fingerprint density at radius 2 is 0.587 bits per heavy atom. The van der Waals surface area contributed by atoms with E-state index < -0.39 is 0 Å². The van der Waals surface area contributed by atoms with Crippen LogP contribution >= 0.6 is 22.7 Å². The summed E-state index contributed by atoms with van der Waals surface area (Å²) in [5, 5.41) is 38.1. The fourth-order valence-electron chi connectivity index (χ4n) is 21.8. The van der Waals surface area contributed by atoms with Crippen LogP contribution in [-0.4, -0.2) is 28.7 Å². The first-order valence-electron chi connectivity index (χ1n) is 42.9. The van der Waals surface area contributed by atoms with Gasteiger partial charge in [-0.2, -0.15) is 0 Å². The van der Waals surface area contributed by atoms with E-state index in [2.05, 4.69) is 381 Å². The van der Waals surface area contributed by atoms with Gasteiger partial charge in [0.25, 0.3) is 0 Å². The van der Waals surface area contributed by atoms with Crippen LogP contribution in [-0.2, 0) is 0 Å². The fourth-order valence-corrected chi connectivity index (χ4v) is 24.2. The van der Waals surface area contributed by atoms with Crippen molar-refractivity contribution in [2.75, 3.05) is 0 Å². The summed E-state index contributed by atoms with van der Waals surface area (Å²) in [7, 11) is 0. The normalized spacial score (nSPS) is 12.3. The minimum Gasteiger partial charge on any atom is -0.454 e. The number of aromatic nitrogens is 6. The van der Waals surface area contributed by atoms with E-state index in [1.54, 1.807) is 0 Å². The van der Waals surface area contributed by atoms with Crippen molar-refractivity contribution in [3.63, 3.8) is 0 Å². The average molecular weight is 1640 g/mol. The van der Waals surface area contributed by atoms with E-state index in [1.165, 1.54) is 225 Å². The molecule has 0 saturated heterocycles. The number of para-hydroxylation sites is 3. The van der Waals surface area contributed by atoms with Gasteiger partial charge in [0.05, 0.1) is 49.2 Å². The van der Waals surface area contributed by atoms with Crippen LogP contribution in [0.15, 0.2) is 406 Å². The molecule has 7 nitrogen and oxygen atoms in total. The maximum Gasteiger partial charge on any atom is 0.159 e. The van der Waals surface area contributed by atoms with Gasteiger partial charge in [0.2, 0.25) is 0 Å². The zero-order valence-electron chi connectivity index (χ0n) is 67.5. The summed E-state index contributed by atoms with van der Waals surface area (Å²) in [6, 6.07) is 133. The lowest BCUT2D eigenvalue weighted by Gasteiger charge is -2.16. The Bertz CT molecular complexity index is 9440. The molecule has 0 amide bonds. The lowest BCUT2D eigenvalue weighted by atomic mass is 9.88. The van der Waals surface area contributed by atoms with Crippen molar-refractivity contribution in [2.45, 2.75) is 0 Å². The highest BCUT2D eigenvalue weighted by atomic mass is 32.1. The van der Waals surface area contributed by atoms with E-state index in [0.717, 1.165) is 49.7 Å². The topological polar surface area (TPSA) is 66.6 Å². The molecular formula is C117H66N6OS2. The second kappa shape index (κ2) is 26.7. The van der Waals surface area contributed by atoms with Crippen molar-refractivity contribution in [3.05, 3.63) is 401 Å². The van der Waals surface area contributed by atoms with Crippen molar-refractivity contribution in [1.82, 2.24) is 28.7 Å². The molecule has 0 aliphatic rings. The molecule has 9 heteroatoms. The number of furan rings is 1. The van der Waals surface area contributed by atoms with Gasteiger partial charge < -0.3 is 18.1 Å². The molecule has 126 heavy (non-hydrogen) atoms. The van der Waals surface area contributed by atoms with Crippen LogP contribution in [0.2, 0.25) is 0 Å². The number of hydrogen-bond donors (Lipinski definition) is 0. The first kappa shape index (κ1) is 69.5. The third kappa shape index (κ3) is 9.89. The molecule has 0 aliphatic heterocycles. The summed E-state index contributed by atoms with van der Waals surface area (Å²) in [5.41, 5.74) is 19.9. The lowest BCUT2D eigenvalue weighted by Crippen LogP contribution is -1.95. The van der Waals surface area contributed by atoms with E-state index in [-0.39, 0.29) is 0 Å². The molecule has 0 saturated carbocycles. The predicted molar refractivity (Wildman–Crippen MR) is 536 cm³/mol. The van der Waals surface area contributed by atoms with Crippen LogP contribution in [0.5, 0.6) is 0 Å². The van der Waals surface area contributed by atoms with Gasteiger partial charge in [-0.25, -0.2) is 0 Å². The Hall–Kier alpha value is -16.2. The molecule has 30 aromatic rings. The number of hydrogen-bond acceptors (Lipinski definition) is 6. The van der Waals surface area contributed by atoms with Crippen LogP contribution in [0, 0.1) is 0 Å². The predicted octanol–water partition coefficient (Wildman–Crippen LogP) is 32.9. The van der Waals surface area contributed by atoms with Crippen LogP contribution in [0.4, 0.5) is 0 Å². The Kier molecular flexibility index (Phi) is 14.7. The molecular weight excluding hydrogens is 1570 g/mol. The average Bonchev–Trinajstić information content (AvgIpc) is 1.35. The summed E-state index contributed by atoms with van der Waals surface area (Å²) in [4.78, 5) is 13.8. The highest BCUT2D eigenvalue weighted by Crippen LogP contribution is 2.53. The van der Waals surface area contributed by atoms with Gasteiger partial charge in [0.15, 0.2) is 5.58 Å². The van der Waals surface area contributed by atoms with E-state index in [9.17, 15) is 0 Å². The van der Waals surface area contributed by atoms with Gasteiger partial charge in [-0.3, -0.25) is 15.0 Å². The van der Waals surface area contributed by atoms with E-state index >= 15 is 0 Å². The molecule has 30 rings (SSSR count). The maximum atomic E-state index is 6.52. The Morgan fingerprint density at radius 1 is 0.214 bits per heavy atom. The smallest absolute Gasteiger partial charge is 0.159 e. The first-order chi connectivity index (χ1) is 62.5. The fraction of sp³-hybridized carbons (Fsp3) is 0. The van der Waals surface area contributed by atoms with Crippen molar-refractivity contribution >= 4 is 247 Å². The summed E-state index contributed by atoms with van der Waals surface area (Å²) in [6.07, 6.45) is 11.8. The van der Waals surface area contributed by atoms with Gasteiger partial charge in [-0.1, -0.05) is 285 Å². The Labute approximate surface area is 726 Å². The third-order valence-electron chi connectivity index (χ3n) is 27.1. The molecule has 9 heterocycles. The Morgan fingerprint density at radius 3 is 1.12 bits per heavy atom. The number of rotatable bonds is 6. The quantitative estimate of drug-likeness (QED) is 0.156. The van der Waals surface area contributed by atoms with E-state index in [4.69, 9.17) is 4.42 Å². The monoisotopic (exact) mass is 1630 g/mol. The second-order valence-corrected chi connectivity index (χ2v) is 35.6. The highest BCUT2D eigenvalue weighted by Gasteiger charge is 2.27. The summed E-state index contributed by atoms with van der Waals surface area (Å²) < 4.78 is 19.1. The van der Waals surface area contributed by atoms with Crippen LogP contribution in [0.3, 0.4) is 0 Å². The number of benzene rings is 21. The van der Waals surface area contributed by atoms with Gasteiger partial charge >= 0.3 is 0 Å². The molecule has 0 aliphatic carbocycles. The van der Waals surface area contributed by atoms with E-state index in [1.807, 2.05) is 72.0 Å². The summed E-state index contributed by atoms with van der Waals surface area (Å²) in [6.45, 7) is 0. The second-order valence-electron chi connectivity index (χ2n) is 33.5. The van der Waals surface area contributed by atoms with Crippen molar-refractivity contribution < 1.29 is 4.42 Å². The Balaban J connectivity index is 0.0000000961. The molecule has 0 bridgehead atoms. The minimum absolute atomic E-state index is 0.895. The molecule has 0 N–H and O–H groups in total. The van der Waals surface area contributed by atoms with Gasteiger partial charge in [-0.15, -0.1) is 22.7 Å². The molecule has 9 aromatic heterocycles. The van der Waals surface area contributed by atoms with Gasteiger partial charge in [0, 0.05) is 127 Å². The third-order valence-corrected chi connectivity index (χ3v) is 29.5. The minimum atomic E-state index is 0.895. The molecule has 0 radical (unpaired) electrons. The molecule has 582 valence electrons. The number of fused-ring (bicyclic) bond motifs is 21. The first-order valence-corrected chi connectivity index (χ1v) is 44.5. The number of thiophene rings is 2. The largest absolute Gasteiger partial charge is 0.454 e. The molecule has 0 atom stereocenters. The SMILES string of the molecule is c1ccc(-c2ccc3ccc4c5c(ccc2c35)cc2c4c3cnccc3n2-c2cccc3c2oc2ccccc23)cc1.c1ccc(-c2ccc3ccc4c5c(ccc2c35)cc2c4c3cnccc3n2-c2cccc3c2sc2ccccc23)cc1.c1ccc(-n2c3ccncc3c3c4ccc5ccc(-c6cccc7c6sc6ccccc67)c6ccc(cc32)c4c56)cc1. The molecule has 21 aromatic carbocycles. The number of pyridine rings is 3. The zero-order valence-corrected chi connectivity index (χ0v) is 69.1. The van der Waals surface area contributed by atoms with Crippen molar-refractivity contribution in [1.29, 1.82) is 0 Å². The molecule has 0 spiro atoms. The van der Waals surface area contributed by atoms with Gasteiger partial charge in [-0.05, 0) is 204 Å². The molecule has 0 fully saturated rings. The zero-order chi connectivity index (χ0) is 82.1. The van der Waals surface area contributed by atoms with Crippen LogP contribution < -0.4 is 0 Å². The standard InChI is InChI=1S/C39H22N2O.2C39H22N2S/c1-2-7-23(8-3-1)26-16-13-24-14-18-30-37-25(15-17-28(26)36(24)37)21-34-38(30)31-22-40-20-19-32(31)41(34)33-11-6-10-29-27-9-4-5-12-35(27)42-39(29)33;1-2-7-25(8-3-1)41-33-19-20-40-22-32(33)38-31-18-14-23-13-16-26(28-17-15-24(21-34(38)41)37(31)36(23)28)29-10-6-11-30-27-9-4-5-12-35(27)42-39(29)30;1-2-7-23(8-3-1)26-16-13-24-14-18-30-37-25(15-17-28(26)36(24)37)21-34-38(30)31-22-40-20-19-32(31)41(34)33-11-6-10-29-27-9-4-5-12-35(27)42-39(29)33/h3*1-22H. The number of nitrogens with zero attached hydrogens (tertiary/aromatic N) is 6. The summed E-state index contributed by atoms with van der Waals surface area (Å²) in [5.74, 6) is 0. The van der Waals surface area contributed by atoms with Crippen molar-refractivity contribution in [2.24, 2.45) is 0 Å². The van der Waals surface area contributed by atoms with E-state index in [0.29, 0.717) is 0 Å². The highest BCUT2D eigenvalue weighted by molar-refractivity contribution is 7.26. The van der Waals surface area contributed by atoms with Gasteiger partial charge in [0.1, 0.15) is 5.58 Å². The van der Waals surface area contributed by atoms with Crippen LogP contribution in [0.1, 0.15) is 0 Å². The van der Waals surface area contributed by atoms with Crippen molar-refractivity contribution in [3.8, 4) is 50.4 Å². The molecule has 0 unspecified atom stereocenters. The van der Waals surface area contributed by atoms with Crippen LogP contribution in [0.25, 0.3) is 275 Å².